The molecule has 0 saturated carbocycles. The van der Waals surface area contributed by atoms with E-state index in [2.05, 4.69) is 10.6 Å². The van der Waals surface area contributed by atoms with Crippen molar-refractivity contribution in [3.63, 3.8) is 0 Å². The van der Waals surface area contributed by atoms with E-state index in [0.717, 1.165) is 12.0 Å². The molecule has 1 aromatic carbocycles. The molecule has 0 aromatic heterocycles. The van der Waals surface area contributed by atoms with E-state index >= 15 is 0 Å². The van der Waals surface area contributed by atoms with Crippen molar-refractivity contribution in [3.8, 4) is 0 Å². The smallest absolute Gasteiger partial charge is 0.326 e. The van der Waals surface area contributed by atoms with Gasteiger partial charge in [-0.15, -0.1) is 0 Å². The van der Waals surface area contributed by atoms with E-state index in [9.17, 15) is 23.1 Å². The second-order valence-corrected chi connectivity index (χ2v) is 10.1. The highest BCUT2D eigenvalue weighted by atomic mass is 32.2. The normalized spacial score (nSPS) is 13.7. The lowest BCUT2D eigenvalue weighted by Gasteiger charge is -2.25. The first-order valence-electron chi connectivity index (χ1n) is 10.7. The highest BCUT2D eigenvalue weighted by Gasteiger charge is 2.29. The predicted molar refractivity (Wildman–Crippen MR) is 124 cm³/mol. The van der Waals surface area contributed by atoms with Crippen LogP contribution in [0.4, 0.5) is 4.79 Å². The number of fused-ring (bicyclic) bond motifs is 2. The van der Waals surface area contributed by atoms with E-state index in [1.54, 1.807) is 19.1 Å². The maximum atomic E-state index is 12.2. The molecule has 2 aliphatic rings. The molecule has 1 atom stereocenters. The number of urea groups is 1. The molecule has 186 valence electrons. The molecule has 3 rings (SSSR count). The van der Waals surface area contributed by atoms with E-state index in [0.29, 0.717) is 35.2 Å². The predicted octanol–water partition coefficient (Wildman–Crippen LogP) is 0.894. The van der Waals surface area contributed by atoms with Crippen LogP contribution in [0.5, 0.6) is 0 Å². The van der Waals surface area contributed by atoms with Gasteiger partial charge < -0.3 is 31.5 Å². The lowest BCUT2D eigenvalue weighted by atomic mass is 10.1. The van der Waals surface area contributed by atoms with E-state index in [1.807, 2.05) is 19.9 Å². The number of carbonyl (C=O) groups excluding carboxylic acids is 1. The van der Waals surface area contributed by atoms with E-state index in [-0.39, 0.29) is 25.5 Å². The van der Waals surface area contributed by atoms with Crippen LogP contribution < -0.4 is 16.4 Å². The number of nitrogens with one attached hydrogen (secondary N) is 3. The van der Waals surface area contributed by atoms with Gasteiger partial charge in [-0.1, -0.05) is 19.9 Å². The van der Waals surface area contributed by atoms with Crippen LogP contribution in [-0.2, 0) is 14.6 Å². The number of aliphatic hydroxyl groups is 1. The molecule has 12 heteroatoms. The molecule has 0 fully saturated rings. The minimum Gasteiger partial charge on any atom is -0.480 e. The summed E-state index contributed by atoms with van der Waals surface area (Å²) in [6.07, 6.45) is 1.44. The van der Waals surface area contributed by atoms with Gasteiger partial charge in [0.15, 0.2) is 5.96 Å². The van der Waals surface area contributed by atoms with Gasteiger partial charge in [0.1, 0.15) is 6.04 Å². The van der Waals surface area contributed by atoms with Crippen LogP contribution >= 0.6 is 0 Å². The largest absolute Gasteiger partial charge is 0.480 e. The van der Waals surface area contributed by atoms with Gasteiger partial charge in [-0.25, -0.2) is 18.0 Å². The van der Waals surface area contributed by atoms with Crippen LogP contribution in [-0.4, -0.2) is 73.8 Å². The molecular weight excluding hydrogens is 450 g/mol. The molecule has 33 heavy (non-hydrogen) atoms. The van der Waals surface area contributed by atoms with Crippen LogP contribution in [0.3, 0.4) is 0 Å². The van der Waals surface area contributed by atoms with Crippen LogP contribution in [0, 0.1) is 18.3 Å². The Morgan fingerprint density at radius 1 is 1.21 bits per heavy atom. The van der Waals surface area contributed by atoms with Gasteiger partial charge in [0.25, 0.3) is 0 Å². The molecule has 2 aliphatic heterocycles. The van der Waals surface area contributed by atoms with E-state index in [1.165, 1.54) is 4.90 Å². The minimum absolute atomic E-state index is 0.163. The number of benzene rings is 1. The monoisotopic (exact) mass is 485 g/mol. The summed E-state index contributed by atoms with van der Waals surface area (Å²) in [6.45, 7) is 6.66. The Morgan fingerprint density at radius 3 is 2.30 bits per heavy atom. The van der Waals surface area contributed by atoms with Crippen molar-refractivity contribution in [1.29, 1.82) is 5.41 Å². The SMILES string of the molecule is CC(C)CCN(CCO)C(=O)N[C@@H](CCCNC(=N)N)C(=O)O.Cc1ccc2cc1S2(=O)=O. The van der Waals surface area contributed by atoms with Gasteiger partial charge >= 0.3 is 12.0 Å². The second kappa shape index (κ2) is 13.0. The lowest BCUT2D eigenvalue weighted by Crippen LogP contribution is -2.49. The standard InChI is InChI=1S/C14H29N5O4.C7H6O2S/c1-10(2)5-7-19(8-9-20)14(23)18-11(12(21)22)4-3-6-17-13(15)16;1-5-2-3-6-4-7(5)10(6,8)9/h10-11,20H,3-9H2,1-2H3,(H,18,23)(H,21,22)(H4,15,16,17);2-4H,1H3/t11-;/m0./s1. The maximum absolute atomic E-state index is 12.2. The van der Waals surface area contributed by atoms with Crippen molar-refractivity contribution in [2.24, 2.45) is 11.7 Å². The molecule has 0 radical (unpaired) electrons. The average molecular weight is 486 g/mol. The Balaban J connectivity index is 0.000000442. The average Bonchev–Trinajstić information content (AvgIpc) is 2.72. The van der Waals surface area contributed by atoms with Gasteiger partial charge in [-0.3, -0.25) is 5.41 Å². The van der Waals surface area contributed by atoms with Crippen molar-refractivity contribution >= 4 is 27.8 Å². The summed E-state index contributed by atoms with van der Waals surface area (Å²) in [6, 6.07) is 3.65. The van der Waals surface area contributed by atoms with Crippen LogP contribution in [0.25, 0.3) is 0 Å². The first-order valence-corrected chi connectivity index (χ1v) is 12.2. The Hall–Kier alpha value is -2.86. The topological polar surface area (TPSA) is 186 Å². The highest BCUT2D eigenvalue weighted by Crippen LogP contribution is 2.34. The van der Waals surface area contributed by atoms with Crippen LogP contribution in [0.2, 0.25) is 0 Å². The number of rotatable bonds is 11. The Labute approximate surface area is 194 Å². The van der Waals surface area contributed by atoms with Gasteiger partial charge in [-0.2, -0.15) is 0 Å². The number of carboxylic acid groups (broad SMARTS) is 1. The van der Waals surface area contributed by atoms with Gasteiger partial charge in [-0.05, 0) is 49.8 Å². The van der Waals surface area contributed by atoms with Crippen LogP contribution in [0.1, 0.15) is 38.7 Å². The molecule has 0 unspecified atom stereocenters. The number of carbonyl (C=O) groups is 2. The summed E-state index contributed by atoms with van der Waals surface area (Å²) in [4.78, 5) is 25.8. The molecule has 0 saturated heterocycles. The maximum Gasteiger partial charge on any atom is 0.326 e. The molecule has 2 amide bonds. The third-order valence-electron chi connectivity index (χ3n) is 4.97. The zero-order valence-corrected chi connectivity index (χ0v) is 20.1. The zero-order chi connectivity index (χ0) is 25.2. The van der Waals surface area contributed by atoms with Crippen molar-refractivity contribution < 1.29 is 28.2 Å². The summed E-state index contributed by atoms with van der Waals surface area (Å²) in [5.74, 6) is -0.894. The number of guanidine groups is 1. The van der Waals surface area contributed by atoms with Gasteiger partial charge in [0.05, 0.1) is 16.4 Å². The number of hydrogen-bond acceptors (Lipinski definition) is 6. The third kappa shape index (κ3) is 8.89. The summed E-state index contributed by atoms with van der Waals surface area (Å²) in [7, 11) is -2.96. The highest BCUT2D eigenvalue weighted by molar-refractivity contribution is 7.92. The summed E-state index contributed by atoms with van der Waals surface area (Å²) < 4.78 is 22.1. The summed E-state index contributed by atoms with van der Waals surface area (Å²) in [5, 5.41) is 30.3. The number of hydrogen-bond donors (Lipinski definition) is 6. The second-order valence-electron chi connectivity index (χ2n) is 8.15. The molecule has 2 heterocycles. The molecule has 0 spiro atoms. The van der Waals surface area contributed by atoms with Crippen molar-refractivity contribution in [2.75, 3.05) is 26.2 Å². The number of nitrogens with two attached hydrogens (primary N) is 1. The van der Waals surface area contributed by atoms with Crippen LogP contribution in [0.15, 0.2) is 28.0 Å². The molecule has 2 bridgehead atoms. The van der Waals surface area contributed by atoms with Crippen molar-refractivity contribution in [1.82, 2.24) is 15.5 Å². The van der Waals surface area contributed by atoms with Gasteiger partial charge in [0, 0.05) is 19.6 Å². The molecule has 11 nitrogen and oxygen atoms in total. The van der Waals surface area contributed by atoms with Crippen molar-refractivity contribution in [3.05, 3.63) is 23.8 Å². The Kier molecular flexibility index (Phi) is 11.1. The summed E-state index contributed by atoms with van der Waals surface area (Å²) in [5.41, 5.74) is 5.98. The van der Waals surface area contributed by atoms with Crippen molar-refractivity contribution in [2.45, 2.75) is 55.9 Å². The van der Waals surface area contributed by atoms with E-state index in [4.69, 9.17) is 16.2 Å². The Morgan fingerprint density at radius 2 is 1.88 bits per heavy atom. The quantitative estimate of drug-likeness (QED) is 0.154. The Bertz CT molecular complexity index is 931. The number of aryl methyl sites for hydroxylation is 1. The first kappa shape index (κ1) is 28.2. The fraction of sp³-hybridized carbons (Fsp3) is 0.571. The minimum atomic E-state index is -2.96. The lowest BCUT2D eigenvalue weighted by molar-refractivity contribution is -0.139. The molecular formula is C21H35N5O6S. The zero-order valence-electron chi connectivity index (χ0n) is 19.3. The number of aliphatic carboxylic acids is 1. The van der Waals surface area contributed by atoms with Gasteiger partial charge in [0.2, 0.25) is 9.84 Å². The fourth-order valence-electron chi connectivity index (χ4n) is 2.98. The molecule has 0 aliphatic carbocycles. The number of aliphatic hydroxyl groups excluding tert-OH is 1. The fourth-order valence-corrected chi connectivity index (χ4v) is 4.34. The van der Waals surface area contributed by atoms with E-state index < -0.39 is 27.9 Å². The first-order chi connectivity index (χ1) is 15.4. The molecule has 1 aromatic rings. The number of carboxylic acids is 1. The molecule has 7 N–H and O–H groups in total. The third-order valence-corrected chi connectivity index (χ3v) is 6.87. The number of nitrogens with zero attached hydrogens (tertiary/aromatic N) is 1. The number of sulfone groups is 1. The number of amides is 2. The summed E-state index contributed by atoms with van der Waals surface area (Å²) >= 11 is 0.